The second-order valence-electron chi connectivity index (χ2n) is 6.07. The van der Waals surface area contributed by atoms with E-state index in [2.05, 4.69) is 48.3 Å². The molecule has 1 saturated heterocycles. The number of benzene rings is 1. The lowest BCUT2D eigenvalue weighted by molar-refractivity contribution is 0.174. The monoisotopic (exact) mass is 274 g/mol. The van der Waals surface area contributed by atoms with Gasteiger partial charge in [0.15, 0.2) is 0 Å². The molecule has 1 heterocycles. The Labute approximate surface area is 124 Å². The molecule has 0 bridgehead atoms. The molecule has 0 unspecified atom stereocenters. The lowest BCUT2D eigenvalue weighted by atomic mass is 9.94. The van der Waals surface area contributed by atoms with Gasteiger partial charge in [-0.3, -0.25) is 4.90 Å². The summed E-state index contributed by atoms with van der Waals surface area (Å²) in [5.74, 6) is 0.965. The quantitative estimate of drug-likeness (QED) is 0.761. The first kappa shape index (κ1) is 15.5. The summed E-state index contributed by atoms with van der Waals surface area (Å²) in [7, 11) is 0. The van der Waals surface area contributed by atoms with Crippen LogP contribution in [0.15, 0.2) is 24.3 Å². The Kier molecular flexibility index (Phi) is 6.55. The molecule has 0 amide bonds. The van der Waals surface area contributed by atoms with Crippen LogP contribution < -0.4 is 5.32 Å². The Morgan fingerprint density at radius 3 is 2.45 bits per heavy atom. The first-order chi connectivity index (χ1) is 9.83. The number of hydrogen-bond acceptors (Lipinski definition) is 2. The van der Waals surface area contributed by atoms with Crippen molar-refractivity contribution in [3.63, 3.8) is 0 Å². The molecule has 1 fully saturated rings. The molecule has 0 spiro atoms. The van der Waals surface area contributed by atoms with Crippen LogP contribution in [0.2, 0.25) is 0 Å². The fourth-order valence-corrected chi connectivity index (χ4v) is 3.08. The highest BCUT2D eigenvalue weighted by atomic mass is 15.1. The molecule has 2 rings (SSSR count). The van der Waals surface area contributed by atoms with Crippen molar-refractivity contribution in [2.75, 3.05) is 19.6 Å². The van der Waals surface area contributed by atoms with Gasteiger partial charge in [-0.15, -0.1) is 0 Å². The Morgan fingerprint density at radius 2 is 1.80 bits per heavy atom. The van der Waals surface area contributed by atoms with Gasteiger partial charge in [-0.05, 0) is 55.9 Å². The van der Waals surface area contributed by atoms with Gasteiger partial charge in [0.1, 0.15) is 0 Å². The van der Waals surface area contributed by atoms with Crippen LogP contribution in [0, 0.1) is 5.92 Å². The molecule has 0 atom stereocenters. The van der Waals surface area contributed by atoms with E-state index in [1.165, 1.54) is 49.9 Å². The summed E-state index contributed by atoms with van der Waals surface area (Å²) >= 11 is 0. The predicted octanol–water partition coefficient (Wildman–Crippen LogP) is 3.81. The number of rotatable bonds is 7. The van der Waals surface area contributed by atoms with E-state index in [0.717, 1.165) is 25.6 Å². The van der Waals surface area contributed by atoms with E-state index in [9.17, 15) is 0 Å². The number of piperidine rings is 1. The minimum absolute atomic E-state index is 0.965. The van der Waals surface area contributed by atoms with Crippen LogP contribution in [0.3, 0.4) is 0 Å². The zero-order valence-corrected chi connectivity index (χ0v) is 13.2. The third-order valence-corrected chi connectivity index (χ3v) is 4.54. The van der Waals surface area contributed by atoms with Gasteiger partial charge in [0.2, 0.25) is 0 Å². The number of likely N-dealkylation sites (tertiary alicyclic amines) is 1. The van der Waals surface area contributed by atoms with Gasteiger partial charge in [0, 0.05) is 13.1 Å². The normalized spacial score (nSPS) is 17.5. The summed E-state index contributed by atoms with van der Waals surface area (Å²) in [5.41, 5.74) is 2.98. The van der Waals surface area contributed by atoms with Crippen LogP contribution in [0.25, 0.3) is 0 Å². The summed E-state index contributed by atoms with van der Waals surface area (Å²) in [5, 5.41) is 3.53. The fraction of sp³-hybridized carbons (Fsp3) is 0.667. The number of hydrogen-bond donors (Lipinski definition) is 1. The molecule has 1 aliphatic rings. The van der Waals surface area contributed by atoms with Gasteiger partial charge in [0.05, 0.1) is 0 Å². The molecule has 0 saturated carbocycles. The number of nitrogens with zero attached hydrogens (tertiary/aromatic N) is 1. The van der Waals surface area contributed by atoms with Crippen LogP contribution in [-0.4, -0.2) is 24.5 Å². The predicted molar refractivity (Wildman–Crippen MR) is 86.7 cm³/mol. The standard InChI is InChI=1S/C18H30N2/c1-3-11-19-14-17-7-5-6-8-18(17)15-20-12-9-16(4-2)10-13-20/h5-8,16,19H,3-4,9-15H2,1-2H3. The molecule has 1 aromatic carbocycles. The van der Waals surface area contributed by atoms with Crippen LogP contribution in [0.1, 0.15) is 50.7 Å². The summed E-state index contributed by atoms with van der Waals surface area (Å²) in [4.78, 5) is 2.63. The van der Waals surface area contributed by atoms with Crippen LogP contribution in [0.5, 0.6) is 0 Å². The molecule has 112 valence electrons. The summed E-state index contributed by atoms with van der Waals surface area (Å²) in [6.07, 6.45) is 5.32. The van der Waals surface area contributed by atoms with Crippen molar-refractivity contribution in [2.45, 2.75) is 52.6 Å². The highest BCUT2D eigenvalue weighted by molar-refractivity contribution is 5.27. The zero-order chi connectivity index (χ0) is 14.2. The molecule has 2 nitrogen and oxygen atoms in total. The fourth-order valence-electron chi connectivity index (χ4n) is 3.08. The van der Waals surface area contributed by atoms with E-state index < -0.39 is 0 Å². The molecule has 2 heteroatoms. The van der Waals surface area contributed by atoms with Gasteiger partial charge < -0.3 is 5.32 Å². The maximum Gasteiger partial charge on any atom is 0.0236 e. The van der Waals surface area contributed by atoms with E-state index in [1.807, 2.05) is 0 Å². The first-order valence-electron chi connectivity index (χ1n) is 8.33. The van der Waals surface area contributed by atoms with Crippen molar-refractivity contribution < 1.29 is 0 Å². The van der Waals surface area contributed by atoms with E-state index in [-0.39, 0.29) is 0 Å². The Bertz CT molecular complexity index is 381. The molecule has 20 heavy (non-hydrogen) atoms. The second-order valence-corrected chi connectivity index (χ2v) is 6.07. The lowest BCUT2D eigenvalue weighted by Gasteiger charge is -2.32. The zero-order valence-electron chi connectivity index (χ0n) is 13.2. The minimum atomic E-state index is 0.965. The van der Waals surface area contributed by atoms with Crippen LogP contribution >= 0.6 is 0 Å². The Morgan fingerprint density at radius 1 is 1.10 bits per heavy atom. The molecule has 0 aromatic heterocycles. The third kappa shape index (κ3) is 4.60. The molecule has 1 aromatic rings. The van der Waals surface area contributed by atoms with Gasteiger partial charge >= 0.3 is 0 Å². The van der Waals surface area contributed by atoms with E-state index >= 15 is 0 Å². The van der Waals surface area contributed by atoms with Gasteiger partial charge in [-0.25, -0.2) is 0 Å². The molecule has 0 radical (unpaired) electrons. The topological polar surface area (TPSA) is 15.3 Å². The highest BCUT2D eigenvalue weighted by Crippen LogP contribution is 2.22. The van der Waals surface area contributed by atoms with Gasteiger partial charge in [-0.2, -0.15) is 0 Å². The Balaban J connectivity index is 1.88. The van der Waals surface area contributed by atoms with Crippen molar-refractivity contribution >= 4 is 0 Å². The third-order valence-electron chi connectivity index (χ3n) is 4.54. The smallest absolute Gasteiger partial charge is 0.0236 e. The first-order valence-corrected chi connectivity index (χ1v) is 8.33. The van der Waals surface area contributed by atoms with Crippen molar-refractivity contribution in [1.29, 1.82) is 0 Å². The Hall–Kier alpha value is -0.860. The van der Waals surface area contributed by atoms with Crippen molar-refractivity contribution in [2.24, 2.45) is 5.92 Å². The minimum Gasteiger partial charge on any atom is -0.313 e. The molecular weight excluding hydrogens is 244 g/mol. The summed E-state index contributed by atoms with van der Waals surface area (Å²) in [6.45, 7) is 10.3. The van der Waals surface area contributed by atoms with Crippen molar-refractivity contribution in [3.05, 3.63) is 35.4 Å². The second kappa shape index (κ2) is 8.43. The molecule has 1 N–H and O–H groups in total. The summed E-state index contributed by atoms with van der Waals surface area (Å²) in [6, 6.07) is 8.92. The average Bonchev–Trinajstić information content (AvgIpc) is 2.50. The maximum atomic E-state index is 3.53. The van der Waals surface area contributed by atoms with E-state index in [4.69, 9.17) is 0 Å². The van der Waals surface area contributed by atoms with Crippen LogP contribution in [-0.2, 0) is 13.1 Å². The average molecular weight is 274 g/mol. The molecule has 0 aliphatic carbocycles. The van der Waals surface area contributed by atoms with E-state index in [0.29, 0.717) is 0 Å². The van der Waals surface area contributed by atoms with Crippen LogP contribution in [0.4, 0.5) is 0 Å². The SMILES string of the molecule is CCCNCc1ccccc1CN1CCC(CC)CC1. The largest absolute Gasteiger partial charge is 0.313 e. The summed E-state index contributed by atoms with van der Waals surface area (Å²) < 4.78 is 0. The van der Waals surface area contributed by atoms with Crippen molar-refractivity contribution in [1.82, 2.24) is 10.2 Å². The highest BCUT2D eigenvalue weighted by Gasteiger charge is 2.18. The maximum absolute atomic E-state index is 3.53. The van der Waals surface area contributed by atoms with E-state index in [1.54, 1.807) is 0 Å². The lowest BCUT2D eigenvalue weighted by Crippen LogP contribution is -2.33. The molecular formula is C18H30N2. The van der Waals surface area contributed by atoms with Gasteiger partial charge in [0.25, 0.3) is 0 Å². The number of nitrogens with one attached hydrogen (secondary N) is 1. The van der Waals surface area contributed by atoms with Gasteiger partial charge in [-0.1, -0.05) is 44.5 Å². The van der Waals surface area contributed by atoms with Crippen molar-refractivity contribution in [3.8, 4) is 0 Å². The molecule has 1 aliphatic heterocycles.